The molecule has 6 nitrogen and oxygen atoms in total. The van der Waals surface area contributed by atoms with E-state index >= 15 is 0 Å². The molecule has 160 valence electrons. The fraction of sp³-hybridized carbons (Fsp3) is 0.440. The smallest absolute Gasteiger partial charge is 0.410 e. The molecule has 31 heavy (non-hydrogen) atoms. The number of oxazole rings is 1. The standard InChI is InChI=1S/C25H27N3O3/c1-16-26-21-7-6-19(14-22(21)30-16)24-20-5-3-2-4-17(20)10-13-28(24)25(29)31-23-15-27-11-8-18(23)9-12-27/h2-7,14,18,23-24H,8-13,15H2,1H3/t23-,24+/m1/s1. The first-order valence-corrected chi connectivity index (χ1v) is 11.3. The molecule has 1 amide bonds. The van der Waals surface area contributed by atoms with E-state index in [2.05, 4.69) is 34.1 Å². The van der Waals surface area contributed by atoms with Crippen LogP contribution in [0.4, 0.5) is 4.79 Å². The van der Waals surface area contributed by atoms with Crippen molar-refractivity contribution >= 4 is 17.2 Å². The van der Waals surface area contributed by atoms with Crippen LogP contribution in [0.5, 0.6) is 0 Å². The number of amides is 1. The number of nitrogens with zero attached hydrogens (tertiary/aromatic N) is 3. The van der Waals surface area contributed by atoms with E-state index in [0.717, 1.165) is 61.1 Å². The highest BCUT2D eigenvalue weighted by molar-refractivity contribution is 5.75. The topological polar surface area (TPSA) is 58.8 Å². The second kappa shape index (κ2) is 7.38. The molecule has 6 heteroatoms. The summed E-state index contributed by atoms with van der Waals surface area (Å²) in [6.45, 7) is 5.64. The molecule has 0 aliphatic carbocycles. The summed E-state index contributed by atoms with van der Waals surface area (Å²) in [5.41, 5.74) is 5.07. The molecule has 5 heterocycles. The summed E-state index contributed by atoms with van der Waals surface area (Å²) in [4.78, 5) is 22.2. The Labute approximate surface area is 181 Å². The Balaban J connectivity index is 1.35. The van der Waals surface area contributed by atoms with Gasteiger partial charge in [0, 0.05) is 20.0 Å². The molecule has 1 aromatic heterocycles. The van der Waals surface area contributed by atoms with Crippen LogP contribution >= 0.6 is 0 Å². The van der Waals surface area contributed by atoms with Gasteiger partial charge in [0.05, 0.1) is 6.04 Å². The number of carbonyl (C=O) groups is 1. The molecule has 4 aliphatic heterocycles. The highest BCUT2D eigenvalue weighted by atomic mass is 16.6. The molecular formula is C25H27N3O3. The lowest BCUT2D eigenvalue weighted by Crippen LogP contribution is -2.53. The first-order chi connectivity index (χ1) is 15.2. The first kappa shape index (κ1) is 18.9. The summed E-state index contributed by atoms with van der Waals surface area (Å²) >= 11 is 0. The maximum Gasteiger partial charge on any atom is 0.410 e. The van der Waals surface area contributed by atoms with Crippen molar-refractivity contribution in [1.82, 2.24) is 14.8 Å². The van der Waals surface area contributed by atoms with Crippen LogP contribution in [-0.2, 0) is 11.2 Å². The molecule has 0 unspecified atom stereocenters. The van der Waals surface area contributed by atoms with Crippen molar-refractivity contribution in [1.29, 1.82) is 0 Å². The number of ether oxygens (including phenoxy) is 1. The van der Waals surface area contributed by atoms with Crippen molar-refractivity contribution in [2.75, 3.05) is 26.2 Å². The van der Waals surface area contributed by atoms with Gasteiger partial charge in [0.1, 0.15) is 11.6 Å². The Kier molecular flexibility index (Phi) is 4.49. The van der Waals surface area contributed by atoms with E-state index < -0.39 is 0 Å². The van der Waals surface area contributed by atoms with Gasteiger partial charge in [0.2, 0.25) is 0 Å². The third kappa shape index (κ3) is 3.30. The van der Waals surface area contributed by atoms with Crippen LogP contribution in [0.1, 0.15) is 41.5 Å². The summed E-state index contributed by atoms with van der Waals surface area (Å²) in [6, 6.07) is 14.3. The van der Waals surface area contributed by atoms with E-state index in [1.54, 1.807) is 0 Å². The van der Waals surface area contributed by atoms with Gasteiger partial charge in [-0.05, 0) is 67.1 Å². The maximum atomic E-state index is 13.5. The normalized spacial score (nSPS) is 27.3. The Bertz CT molecular complexity index is 1130. The average molecular weight is 418 g/mol. The third-order valence-corrected chi connectivity index (χ3v) is 7.20. The van der Waals surface area contributed by atoms with Crippen LogP contribution in [0.2, 0.25) is 0 Å². The predicted octanol–water partition coefficient (Wildman–Crippen LogP) is 4.31. The quantitative estimate of drug-likeness (QED) is 0.622. The van der Waals surface area contributed by atoms with Crippen molar-refractivity contribution < 1.29 is 13.9 Å². The molecule has 0 radical (unpaired) electrons. The van der Waals surface area contributed by atoms with E-state index in [-0.39, 0.29) is 18.2 Å². The molecule has 0 saturated carbocycles. The van der Waals surface area contributed by atoms with Gasteiger partial charge >= 0.3 is 6.09 Å². The first-order valence-electron chi connectivity index (χ1n) is 11.3. The van der Waals surface area contributed by atoms with Crippen LogP contribution in [0.25, 0.3) is 11.1 Å². The van der Waals surface area contributed by atoms with E-state index in [0.29, 0.717) is 18.4 Å². The lowest BCUT2D eigenvalue weighted by atomic mass is 9.86. The van der Waals surface area contributed by atoms with Gasteiger partial charge in [-0.3, -0.25) is 9.80 Å². The van der Waals surface area contributed by atoms with E-state index in [1.165, 1.54) is 5.56 Å². The Hall–Kier alpha value is -2.86. The second-order valence-electron chi connectivity index (χ2n) is 9.07. The molecule has 3 saturated heterocycles. The van der Waals surface area contributed by atoms with Crippen LogP contribution in [0, 0.1) is 12.8 Å². The molecule has 7 rings (SSSR count). The molecule has 3 aromatic rings. The minimum atomic E-state index is -0.202. The number of rotatable bonds is 2. The van der Waals surface area contributed by atoms with Gasteiger partial charge in [-0.25, -0.2) is 9.78 Å². The van der Waals surface area contributed by atoms with Crippen LogP contribution in [0.3, 0.4) is 0 Å². The molecule has 3 fully saturated rings. The molecule has 4 aliphatic rings. The Morgan fingerprint density at radius 3 is 2.77 bits per heavy atom. The minimum absolute atomic E-state index is 0.00669. The summed E-state index contributed by atoms with van der Waals surface area (Å²) in [7, 11) is 0. The molecule has 2 bridgehead atoms. The zero-order valence-electron chi connectivity index (χ0n) is 17.8. The molecule has 0 spiro atoms. The zero-order valence-corrected chi connectivity index (χ0v) is 17.8. The molecular weight excluding hydrogens is 390 g/mol. The average Bonchev–Trinajstić information content (AvgIpc) is 3.18. The number of piperidine rings is 3. The van der Waals surface area contributed by atoms with Crippen molar-refractivity contribution in [3.05, 3.63) is 65.0 Å². The Morgan fingerprint density at radius 1 is 1.13 bits per heavy atom. The van der Waals surface area contributed by atoms with Gasteiger partial charge < -0.3 is 9.15 Å². The van der Waals surface area contributed by atoms with E-state index in [9.17, 15) is 4.79 Å². The fourth-order valence-corrected chi connectivity index (χ4v) is 5.59. The van der Waals surface area contributed by atoms with Crippen molar-refractivity contribution in [2.45, 2.75) is 38.3 Å². The van der Waals surface area contributed by atoms with E-state index in [1.807, 2.05) is 30.0 Å². The lowest BCUT2D eigenvalue weighted by molar-refractivity contribution is -0.0462. The highest BCUT2D eigenvalue weighted by Gasteiger charge is 2.39. The summed E-state index contributed by atoms with van der Waals surface area (Å²) in [6.07, 6.45) is 2.91. The van der Waals surface area contributed by atoms with Gasteiger partial charge in [-0.15, -0.1) is 0 Å². The summed E-state index contributed by atoms with van der Waals surface area (Å²) in [5, 5.41) is 0. The van der Waals surface area contributed by atoms with E-state index in [4.69, 9.17) is 9.15 Å². The van der Waals surface area contributed by atoms with Crippen LogP contribution in [-0.4, -0.2) is 53.2 Å². The number of fused-ring (bicyclic) bond motifs is 5. The third-order valence-electron chi connectivity index (χ3n) is 7.20. The summed E-state index contributed by atoms with van der Waals surface area (Å²) < 4.78 is 11.9. The zero-order chi connectivity index (χ0) is 20.9. The number of carbonyl (C=O) groups excluding carboxylic acids is 1. The minimum Gasteiger partial charge on any atom is -0.444 e. The number of aromatic nitrogens is 1. The van der Waals surface area contributed by atoms with Crippen LogP contribution < -0.4 is 0 Å². The Morgan fingerprint density at radius 2 is 1.97 bits per heavy atom. The monoisotopic (exact) mass is 417 g/mol. The number of benzene rings is 2. The predicted molar refractivity (Wildman–Crippen MR) is 117 cm³/mol. The number of aryl methyl sites for hydroxylation is 1. The lowest BCUT2D eigenvalue weighted by Gasteiger charge is -2.45. The van der Waals surface area contributed by atoms with Gasteiger partial charge in [-0.1, -0.05) is 30.3 Å². The van der Waals surface area contributed by atoms with Crippen molar-refractivity contribution in [3.63, 3.8) is 0 Å². The number of hydrogen-bond donors (Lipinski definition) is 0. The van der Waals surface area contributed by atoms with Gasteiger partial charge in [0.15, 0.2) is 11.5 Å². The highest BCUT2D eigenvalue weighted by Crippen LogP contribution is 2.38. The maximum absolute atomic E-state index is 13.5. The molecule has 0 N–H and O–H groups in total. The van der Waals surface area contributed by atoms with Crippen molar-refractivity contribution in [2.24, 2.45) is 5.92 Å². The van der Waals surface area contributed by atoms with Crippen molar-refractivity contribution in [3.8, 4) is 0 Å². The molecule has 2 atom stereocenters. The largest absolute Gasteiger partial charge is 0.444 e. The summed E-state index contributed by atoms with van der Waals surface area (Å²) in [5.74, 6) is 1.15. The van der Waals surface area contributed by atoms with Gasteiger partial charge in [-0.2, -0.15) is 0 Å². The van der Waals surface area contributed by atoms with Gasteiger partial charge in [0.25, 0.3) is 0 Å². The fourth-order valence-electron chi connectivity index (χ4n) is 5.59. The SMILES string of the molecule is Cc1nc2ccc([C@H]3c4ccccc4CCN3C(=O)O[C@@H]3CN4CCC3CC4)cc2o1. The second-order valence-corrected chi connectivity index (χ2v) is 9.07. The number of hydrogen-bond acceptors (Lipinski definition) is 5. The van der Waals surface area contributed by atoms with Crippen LogP contribution in [0.15, 0.2) is 46.9 Å². The molecule has 2 aromatic carbocycles.